The van der Waals surface area contributed by atoms with E-state index in [4.69, 9.17) is 9.84 Å². The molecule has 0 atom stereocenters. The summed E-state index contributed by atoms with van der Waals surface area (Å²) >= 11 is 0. The van der Waals surface area contributed by atoms with Gasteiger partial charge in [-0.25, -0.2) is 9.59 Å². The first-order valence-electron chi connectivity index (χ1n) is 5.90. The van der Waals surface area contributed by atoms with Crippen molar-refractivity contribution in [1.82, 2.24) is 5.32 Å². The fraction of sp³-hybridized carbons (Fsp3) is 0.538. The van der Waals surface area contributed by atoms with Gasteiger partial charge in [0, 0.05) is 17.9 Å². The van der Waals surface area contributed by atoms with E-state index in [1.54, 1.807) is 0 Å². The van der Waals surface area contributed by atoms with Gasteiger partial charge in [-0.05, 0) is 25.7 Å². The molecule has 0 aliphatic heterocycles. The maximum absolute atomic E-state index is 11.3. The molecule has 1 aliphatic carbocycles. The minimum Gasteiger partial charge on any atom is -0.472 e. The van der Waals surface area contributed by atoms with Crippen molar-refractivity contribution in [1.29, 1.82) is 0 Å². The highest BCUT2D eigenvalue weighted by atomic mass is 16.5. The number of nitrogens with one attached hydrogen (secondary N) is 1. The Labute approximate surface area is 106 Å². The SMILES string of the molecule is C=CCOC(=O)NC1CCC(C#CC(=O)O)CC1. The minimum absolute atomic E-state index is 0.0881. The number of carbonyl (C=O) groups is 2. The first-order valence-corrected chi connectivity index (χ1v) is 5.90. The monoisotopic (exact) mass is 251 g/mol. The molecule has 98 valence electrons. The summed E-state index contributed by atoms with van der Waals surface area (Å²) in [6.07, 6.45) is 4.26. The van der Waals surface area contributed by atoms with Crippen LogP contribution in [-0.4, -0.2) is 29.8 Å². The van der Waals surface area contributed by atoms with Crippen LogP contribution in [0.3, 0.4) is 0 Å². The summed E-state index contributed by atoms with van der Waals surface area (Å²) in [4.78, 5) is 21.6. The third-order valence-corrected chi connectivity index (χ3v) is 2.76. The molecule has 18 heavy (non-hydrogen) atoms. The van der Waals surface area contributed by atoms with Crippen molar-refractivity contribution in [2.24, 2.45) is 5.92 Å². The predicted molar refractivity (Wildman–Crippen MR) is 65.8 cm³/mol. The summed E-state index contributed by atoms with van der Waals surface area (Å²) in [5.41, 5.74) is 0. The average molecular weight is 251 g/mol. The van der Waals surface area contributed by atoms with Gasteiger partial charge in [0.25, 0.3) is 0 Å². The van der Waals surface area contributed by atoms with Gasteiger partial charge in [-0.3, -0.25) is 0 Å². The van der Waals surface area contributed by atoms with Gasteiger partial charge in [-0.1, -0.05) is 18.6 Å². The van der Waals surface area contributed by atoms with Crippen LogP contribution in [-0.2, 0) is 9.53 Å². The Morgan fingerprint density at radius 2 is 2.06 bits per heavy atom. The highest BCUT2D eigenvalue weighted by Crippen LogP contribution is 2.23. The molecule has 1 amide bonds. The number of amides is 1. The summed E-state index contributed by atoms with van der Waals surface area (Å²) < 4.78 is 4.83. The van der Waals surface area contributed by atoms with E-state index in [0.717, 1.165) is 25.7 Å². The molecule has 1 rings (SSSR count). The lowest BCUT2D eigenvalue weighted by Gasteiger charge is -2.25. The Kier molecular flexibility index (Phi) is 5.78. The molecule has 0 spiro atoms. The smallest absolute Gasteiger partial charge is 0.407 e. The standard InChI is InChI=1S/C13H17NO4/c1-2-9-18-13(17)14-11-6-3-10(4-7-11)5-8-12(15)16/h2,10-11H,1,3-4,6-7,9H2,(H,14,17)(H,15,16). The number of carbonyl (C=O) groups excluding carboxylic acids is 1. The van der Waals surface area contributed by atoms with Crippen molar-refractivity contribution in [3.8, 4) is 11.8 Å². The molecule has 0 heterocycles. The average Bonchev–Trinajstić information content (AvgIpc) is 2.35. The second-order valence-corrected chi connectivity index (χ2v) is 4.15. The third-order valence-electron chi connectivity index (χ3n) is 2.76. The Bertz CT molecular complexity index is 372. The maximum Gasteiger partial charge on any atom is 0.407 e. The number of rotatable bonds is 3. The van der Waals surface area contributed by atoms with E-state index in [1.807, 2.05) is 0 Å². The van der Waals surface area contributed by atoms with Crippen molar-refractivity contribution in [2.45, 2.75) is 31.7 Å². The number of carboxylic acids is 1. The van der Waals surface area contributed by atoms with Gasteiger partial charge >= 0.3 is 12.1 Å². The van der Waals surface area contributed by atoms with Gasteiger partial charge in [0.05, 0.1) is 0 Å². The summed E-state index contributed by atoms with van der Waals surface area (Å²) in [7, 11) is 0. The Balaban J connectivity index is 2.27. The third kappa shape index (κ3) is 5.39. The van der Waals surface area contributed by atoms with E-state index in [2.05, 4.69) is 23.7 Å². The molecule has 2 N–H and O–H groups in total. The van der Waals surface area contributed by atoms with Gasteiger partial charge in [0.15, 0.2) is 0 Å². The summed E-state index contributed by atoms with van der Waals surface area (Å²) in [5.74, 6) is 3.88. The lowest BCUT2D eigenvalue weighted by molar-refractivity contribution is -0.130. The molecule has 0 unspecified atom stereocenters. The quantitative estimate of drug-likeness (QED) is 0.589. The molecule has 5 heteroatoms. The van der Waals surface area contributed by atoms with E-state index in [9.17, 15) is 9.59 Å². The van der Waals surface area contributed by atoms with Crippen molar-refractivity contribution >= 4 is 12.1 Å². The van der Waals surface area contributed by atoms with Crippen LogP contribution in [0, 0.1) is 17.8 Å². The van der Waals surface area contributed by atoms with Crippen molar-refractivity contribution in [3.63, 3.8) is 0 Å². The molecule has 0 bridgehead atoms. The zero-order valence-electron chi connectivity index (χ0n) is 10.1. The van der Waals surface area contributed by atoms with E-state index >= 15 is 0 Å². The molecule has 5 nitrogen and oxygen atoms in total. The maximum atomic E-state index is 11.3. The van der Waals surface area contributed by atoms with Crippen molar-refractivity contribution < 1.29 is 19.4 Å². The molecule has 0 aromatic heterocycles. The van der Waals surface area contributed by atoms with Gasteiger partial charge < -0.3 is 15.2 Å². The molecular weight excluding hydrogens is 234 g/mol. The van der Waals surface area contributed by atoms with E-state index in [0.29, 0.717) is 0 Å². The number of carboxylic acid groups (broad SMARTS) is 1. The Hall–Kier alpha value is -1.96. The van der Waals surface area contributed by atoms with E-state index in [-0.39, 0.29) is 18.6 Å². The summed E-state index contributed by atoms with van der Waals surface area (Å²) in [6.45, 7) is 3.66. The number of alkyl carbamates (subject to hydrolysis) is 1. The fourth-order valence-corrected chi connectivity index (χ4v) is 1.89. The van der Waals surface area contributed by atoms with Gasteiger partial charge in [-0.15, -0.1) is 0 Å². The van der Waals surface area contributed by atoms with Gasteiger partial charge in [-0.2, -0.15) is 0 Å². The Morgan fingerprint density at radius 1 is 1.39 bits per heavy atom. The van der Waals surface area contributed by atoms with Crippen LogP contribution in [0.5, 0.6) is 0 Å². The normalized spacial score (nSPS) is 22.2. The van der Waals surface area contributed by atoms with Crippen LogP contribution in [0.2, 0.25) is 0 Å². The number of aliphatic carboxylic acids is 1. The molecule has 1 saturated carbocycles. The van der Waals surface area contributed by atoms with Crippen molar-refractivity contribution in [3.05, 3.63) is 12.7 Å². The summed E-state index contributed by atoms with van der Waals surface area (Å²) in [6, 6.07) is 0.0881. The second kappa shape index (κ2) is 7.38. The number of hydrogen-bond donors (Lipinski definition) is 2. The first kappa shape index (κ1) is 14.1. The zero-order valence-corrected chi connectivity index (χ0v) is 10.1. The molecule has 0 aromatic rings. The molecule has 0 radical (unpaired) electrons. The van der Waals surface area contributed by atoms with Crippen LogP contribution in [0.15, 0.2) is 12.7 Å². The lowest BCUT2D eigenvalue weighted by Crippen LogP contribution is -2.37. The largest absolute Gasteiger partial charge is 0.472 e. The van der Waals surface area contributed by atoms with Gasteiger partial charge in [0.1, 0.15) is 6.61 Å². The van der Waals surface area contributed by atoms with Crippen LogP contribution < -0.4 is 5.32 Å². The van der Waals surface area contributed by atoms with E-state index in [1.165, 1.54) is 6.08 Å². The van der Waals surface area contributed by atoms with Crippen LogP contribution in [0.1, 0.15) is 25.7 Å². The highest BCUT2D eigenvalue weighted by Gasteiger charge is 2.21. The highest BCUT2D eigenvalue weighted by molar-refractivity contribution is 5.86. The Morgan fingerprint density at radius 3 is 2.61 bits per heavy atom. The molecule has 1 fully saturated rings. The van der Waals surface area contributed by atoms with Crippen LogP contribution in [0.25, 0.3) is 0 Å². The predicted octanol–water partition coefficient (Wildman–Crippen LogP) is 1.55. The van der Waals surface area contributed by atoms with Crippen LogP contribution >= 0.6 is 0 Å². The molecule has 1 aliphatic rings. The molecule has 0 saturated heterocycles. The number of ether oxygens (including phenoxy) is 1. The fourth-order valence-electron chi connectivity index (χ4n) is 1.89. The molecular formula is C13H17NO4. The minimum atomic E-state index is -1.09. The van der Waals surface area contributed by atoms with E-state index < -0.39 is 12.1 Å². The first-order chi connectivity index (χ1) is 8.61. The van der Waals surface area contributed by atoms with Gasteiger partial charge in [0.2, 0.25) is 0 Å². The van der Waals surface area contributed by atoms with Crippen molar-refractivity contribution in [2.75, 3.05) is 6.61 Å². The topological polar surface area (TPSA) is 75.6 Å². The molecule has 0 aromatic carbocycles. The second-order valence-electron chi connectivity index (χ2n) is 4.15. The van der Waals surface area contributed by atoms with Crippen LogP contribution in [0.4, 0.5) is 4.79 Å². The summed E-state index contributed by atoms with van der Waals surface area (Å²) in [5, 5.41) is 11.2. The number of hydrogen-bond acceptors (Lipinski definition) is 3. The lowest BCUT2D eigenvalue weighted by atomic mass is 9.86. The zero-order chi connectivity index (χ0) is 13.4.